The van der Waals surface area contributed by atoms with Gasteiger partial charge in [-0.05, 0) is 31.9 Å². The average Bonchev–Trinajstić information content (AvgIpc) is 3.11. The number of rotatable bonds is 10. The molecule has 0 fully saturated rings. The third kappa shape index (κ3) is 6.49. The summed E-state index contributed by atoms with van der Waals surface area (Å²) in [5, 5.41) is 3.33. The largest absolute Gasteiger partial charge is 0.456 e. The second kappa shape index (κ2) is 10.6. The van der Waals surface area contributed by atoms with Gasteiger partial charge in [0.05, 0.1) is 16.3 Å². The summed E-state index contributed by atoms with van der Waals surface area (Å²) in [6.07, 6.45) is 2.36. The number of nitrogens with zero attached hydrogens (tertiary/aromatic N) is 2. The first-order valence-corrected chi connectivity index (χ1v) is 10.00. The number of esters is 1. The number of nitrogens with two attached hydrogens (primary N) is 1. The van der Waals surface area contributed by atoms with Crippen LogP contribution in [-0.2, 0) is 14.3 Å². The SMILES string of the molecule is C[C@@H](c1nc2ccccc2s1)N(C)C(=O)COC(=O)CCCCCNC(N)=O. The van der Waals surface area contributed by atoms with Gasteiger partial charge in [0.2, 0.25) is 0 Å². The highest BCUT2D eigenvalue weighted by molar-refractivity contribution is 7.18. The Labute approximate surface area is 168 Å². The Morgan fingerprint density at radius 2 is 2.00 bits per heavy atom. The number of carbonyl (C=O) groups excluding carboxylic acids is 3. The van der Waals surface area contributed by atoms with E-state index in [4.69, 9.17) is 10.5 Å². The molecule has 2 aromatic rings. The molecule has 0 saturated carbocycles. The molecule has 0 unspecified atom stereocenters. The van der Waals surface area contributed by atoms with Gasteiger partial charge >= 0.3 is 12.0 Å². The number of hydrogen-bond donors (Lipinski definition) is 2. The molecular weight excluding hydrogens is 380 g/mol. The van der Waals surface area contributed by atoms with Crippen molar-refractivity contribution in [3.05, 3.63) is 29.3 Å². The predicted octanol–water partition coefficient (Wildman–Crippen LogP) is 2.59. The molecule has 1 aromatic heterocycles. The Morgan fingerprint density at radius 1 is 1.25 bits per heavy atom. The van der Waals surface area contributed by atoms with Crippen LogP contribution in [0, 0.1) is 0 Å². The van der Waals surface area contributed by atoms with Gasteiger partial charge in [0, 0.05) is 20.0 Å². The molecule has 1 aromatic carbocycles. The van der Waals surface area contributed by atoms with E-state index in [2.05, 4.69) is 10.3 Å². The Morgan fingerprint density at radius 3 is 2.71 bits per heavy atom. The van der Waals surface area contributed by atoms with Gasteiger partial charge in [0.15, 0.2) is 6.61 Å². The van der Waals surface area contributed by atoms with E-state index in [1.165, 1.54) is 0 Å². The number of likely N-dealkylation sites (N-methyl/N-ethyl adjacent to an activating group) is 1. The number of ether oxygens (including phenoxy) is 1. The van der Waals surface area contributed by atoms with Crippen LogP contribution in [0.1, 0.15) is 43.7 Å². The molecule has 1 atom stereocenters. The molecule has 3 N–H and O–H groups in total. The highest BCUT2D eigenvalue weighted by Crippen LogP contribution is 2.28. The van der Waals surface area contributed by atoms with Gasteiger partial charge < -0.3 is 20.7 Å². The minimum atomic E-state index is -0.554. The Bertz CT molecular complexity index is 790. The molecule has 1 heterocycles. The number of fused-ring (bicyclic) bond motifs is 1. The number of amides is 3. The maximum Gasteiger partial charge on any atom is 0.312 e. The molecule has 3 amide bonds. The van der Waals surface area contributed by atoms with Crippen LogP contribution >= 0.6 is 11.3 Å². The van der Waals surface area contributed by atoms with Gasteiger partial charge in [-0.25, -0.2) is 9.78 Å². The van der Waals surface area contributed by atoms with Crippen LogP contribution in [0.4, 0.5) is 4.79 Å². The van der Waals surface area contributed by atoms with Crippen LogP contribution in [0.25, 0.3) is 10.2 Å². The van der Waals surface area contributed by atoms with E-state index in [0.717, 1.165) is 28.1 Å². The van der Waals surface area contributed by atoms with E-state index < -0.39 is 12.0 Å². The molecule has 152 valence electrons. The van der Waals surface area contributed by atoms with Crippen LogP contribution in [0.2, 0.25) is 0 Å². The van der Waals surface area contributed by atoms with Crippen molar-refractivity contribution < 1.29 is 19.1 Å². The predicted molar refractivity (Wildman–Crippen MR) is 108 cm³/mol. The lowest BCUT2D eigenvalue weighted by Gasteiger charge is -2.23. The minimum absolute atomic E-state index is 0.207. The third-order valence-electron chi connectivity index (χ3n) is 4.36. The second-order valence-electron chi connectivity index (χ2n) is 6.46. The number of aromatic nitrogens is 1. The van der Waals surface area contributed by atoms with Crippen LogP contribution < -0.4 is 11.1 Å². The zero-order valence-electron chi connectivity index (χ0n) is 16.1. The van der Waals surface area contributed by atoms with Crippen molar-refractivity contribution in [2.24, 2.45) is 5.73 Å². The van der Waals surface area contributed by atoms with Crippen molar-refractivity contribution in [2.45, 2.75) is 38.6 Å². The van der Waals surface area contributed by atoms with E-state index >= 15 is 0 Å². The van der Waals surface area contributed by atoms with Crippen molar-refractivity contribution in [3.8, 4) is 0 Å². The average molecular weight is 407 g/mol. The van der Waals surface area contributed by atoms with Crippen LogP contribution in [-0.4, -0.2) is 48.0 Å². The van der Waals surface area contributed by atoms with Crippen LogP contribution in [0.15, 0.2) is 24.3 Å². The van der Waals surface area contributed by atoms with Gasteiger partial charge in [-0.15, -0.1) is 11.3 Å². The van der Waals surface area contributed by atoms with Gasteiger partial charge in [0.1, 0.15) is 5.01 Å². The number of primary amides is 1. The summed E-state index contributed by atoms with van der Waals surface area (Å²) < 4.78 is 6.15. The maximum atomic E-state index is 12.3. The normalized spacial score (nSPS) is 11.8. The van der Waals surface area contributed by atoms with Gasteiger partial charge in [-0.2, -0.15) is 0 Å². The number of urea groups is 1. The van der Waals surface area contributed by atoms with E-state index in [1.54, 1.807) is 23.3 Å². The molecule has 0 bridgehead atoms. The van der Waals surface area contributed by atoms with E-state index in [-0.39, 0.29) is 25.0 Å². The summed E-state index contributed by atoms with van der Waals surface area (Å²) in [5.74, 6) is -0.678. The molecule has 0 radical (unpaired) electrons. The lowest BCUT2D eigenvalue weighted by Crippen LogP contribution is -2.33. The van der Waals surface area contributed by atoms with Crippen molar-refractivity contribution in [3.63, 3.8) is 0 Å². The summed E-state index contributed by atoms with van der Waals surface area (Å²) in [7, 11) is 1.68. The standard InChI is InChI=1S/C19H26N4O4S/c1-13(18-22-14-8-5-6-9-15(14)28-18)23(2)16(24)12-27-17(25)10-4-3-7-11-21-19(20)26/h5-6,8-9,13H,3-4,7,10-12H2,1-2H3,(H3,20,21,26)/t13-/m0/s1. The molecule has 0 spiro atoms. The maximum absolute atomic E-state index is 12.3. The number of para-hydroxylation sites is 1. The molecule has 9 heteroatoms. The van der Waals surface area contributed by atoms with Gasteiger partial charge in [0.25, 0.3) is 5.91 Å². The molecular formula is C19H26N4O4S. The number of carbonyl (C=O) groups is 3. The number of hydrogen-bond acceptors (Lipinski definition) is 6. The van der Waals surface area contributed by atoms with Crippen molar-refractivity contribution in [1.29, 1.82) is 0 Å². The molecule has 2 rings (SSSR count). The fourth-order valence-electron chi connectivity index (χ4n) is 2.55. The van der Waals surface area contributed by atoms with E-state index in [0.29, 0.717) is 13.0 Å². The number of thiazole rings is 1. The first-order valence-electron chi connectivity index (χ1n) is 9.18. The Kier molecular flexibility index (Phi) is 8.19. The first-order chi connectivity index (χ1) is 13.4. The summed E-state index contributed by atoms with van der Waals surface area (Å²) in [6, 6.07) is 7.06. The smallest absolute Gasteiger partial charge is 0.312 e. The molecule has 0 saturated heterocycles. The van der Waals surface area contributed by atoms with E-state index in [9.17, 15) is 14.4 Å². The molecule has 0 aliphatic carbocycles. The van der Waals surface area contributed by atoms with Crippen LogP contribution in [0.5, 0.6) is 0 Å². The minimum Gasteiger partial charge on any atom is -0.456 e. The number of benzene rings is 1. The zero-order valence-corrected chi connectivity index (χ0v) is 17.0. The van der Waals surface area contributed by atoms with Gasteiger partial charge in [-0.1, -0.05) is 18.6 Å². The summed E-state index contributed by atoms with van der Waals surface area (Å²) in [6.45, 7) is 2.10. The van der Waals surface area contributed by atoms with E-state index in [1.807, 2.05) is 31.2 Å². The van der Waals surface area contributed by atoms with Gasteiger partial charge in [-0.3, -0.25) is 9.59 Å². The summed E-state index contributed by atoms with van der Waals surface area (Å²) in [4.78, 5) is 40.7. The Hall–Kier alpha value is -2.68. The molecule has 28 heavy (non-hydrogen) atoms. The highest BCUT2D eigenvalue weighted by Gasteiger charge is 2.21. The number of unbranched alkanes of at least 4 members (excludes halogenated alkanes) is 2. The molecule has 0 aliphatic rings. The highest BCUT2D eigenvalue weighted by atomic mass is 32.1. The number of nitrogens with one attached hydrogen (secondary N) is 1. The van der Waals surface area contributed by atoms with Crippen LogP contribution in [0.3, 0.4) is 0 Å². The molecule has 8 nitrogen and oxygen atoms in total. The quantitative estimate of drug-likeness (QED) is 0.465. The third-order valence-corrected chi connectivity index (χ3v) is 5.56. The zero-order chi connectivity index (χ0) is 20.5. The van der Waals surface area contributed by atoms with Crippen molar-refractivity contribution in [1.82, 2.24) is 15.2 Å². The van der Waals surface area contributed by atoms with Crippen molar-refractivity contribution in [2.75, 3.05) is 20.2 Å². The fraction of sp³-hybridized carbons (Fsp3) is 0.474. The second-order valence-corrected chi connectivity index (χ2v) is 7.53. The summed E-state index contributed by atoms with van der Waals surface area (Å²) in [5.41, 5.74) is 5.87. The van der Waals surface area contributed by atoms with Crippen molar-refractivity contribution >= 4 is 39.5 Å². The first kappa shape index (κ1) is 21.6. The lowest BCUT2D eigenvalue weighted by atomic mass is 10.2. The lowest BCUT2D eigenvalue weighted by molar-refractivity contribution is -0.152. The topological polar surface area (TPSA) is 115 Å². The Balaban J connectivity index is 1.71. The fourth-order valence-corrected chi connectivity index (χ4v) is 3.61. The molecule has 0 aliphatic heterocycles. The summed E-state index contributed by atoms with van der Waals surface area (Å²) >= 11 is 1.55. The monoisotopic (exact) mass is 406 g/mol.